The molecule has 0 spiro atoms. The number of aromatic nitrogens is 2. The van der Waals surface area contributed by atoms with Gasteiger partial charge in [-0.1, -0.05) is 76.2 Å². The molecule has 2 atom stereocenters. The molecule has 1 saturated heterocycles. The molecule has 222 valence electrons. The number of anilines is 2. The van der Waals surface area contributed by atoms with E-state index in [1.165, 1.54) is 68.3 Å². The minimum atomic E-state index is -0.153. The normalized spacial score (nSPS) is 21.3. The summed E-state index contributed by atoms with van der Waals surface area (Å²) in [5.74, 6) is 2.20. The molecule has 0 radical (unpaired) electrons. The Labute approximate surface area is 263 Å². The number of nitrogens with zero attached hydrogens (tertiary/aromatic N) is 3. The third kappa shape index (κ3) is 3.19. The number of hydrogen-bond acceptors (Lipinski definition) is 4. The summed E-state index contributed by atoms with van der Waals surface area (Å²) in [6.45, 7) is 10.5. The van der Waals surface area contributed by atoms with Crippen molar-refractivity contribution < 1.29 is 4.74 Å². The number of fused-ring (bicyclic) bond motifs is 10. The maximum Gasteiger partial charge on any atom is 0.145 e. The van der Waals surface area contributed by atoms with Gasteiger partial charge >= 0.3 is 0 Å². The van der Waals surface area contributed by atoms with Crippen LogP contribution in [0.2, 0.25) is 0 Å². The highest BCUT2D eigenvalue weighted by Crippen LogP contribution is 2.58. The van der Waals surface area contributed by atoms with Crippen molar-refractivity contribution >= 4 is 33.3 Å². The van der Waals surface area contributed by atoms with E-state index in [0.717, 1.165) is 29.4 Å². The number of ether oxygens (including phenoxy) is 1. The van der Waals surface area contributed by atoms with Crippen molar-refractivity contribution in [2.45, 2.75) is 63.5 Å². The molecular weight excluding hydrogens is 552 g/mol. The smallest absolute Gasteiger partial charge is 0.145 e. The Morgan fingerprint density at radius 2 is 1.47 bits per heavy atom. The molecule has 5 heteroatoms. The van der Waals surface area contributed by atoms with Crippen LogP contribution in [0.4, 0.5) is 11.4 Å². The lowest BCUT2D eigenvalue weighted by atomic mass is 9.73. The molecule has 1 N–H and O–H groups in total. The Hall–Kier alpha value is -4.61. The summed E-state index contributed by atoms with van der Waals surface area (Å²) in [6, 6.07) is 31.2. The second-order valence-electron chi connectivity index (χ2n) is 14.4. The average Bonchev–Trinajstić information content (AvgIpc) is 3.57. The summed E-state index contributed by atoms with van der Waals surface area (Å²) in [5.41, 5.74) is 12.7. The van der Waals surface area contributed by atoms with Crippen LogP contribution in [-0.4, -0.2) is 22.3 Å². The summed E-state index contributed by atoms with van der Waals surface area (Å²) in [5, 5.41) is 6.31. The van der Waals surface area contributed by atoms with Crippen LogP contribution in [0.15, 0.2) is 91.1 Å². The van der Waals surface area contributed by atoms with Crippen molar-refractivity contribution in [3.05, 3.63) is 119 Å². The van der Waals surface area contributed by atoms with Gasteiger partial charge in [-0.3, -0.25) is 9.88 Å². The number of pyridine rings is 1. The Morgan fingerprint density at radius 3 is 2.31 bits per heavy atom. The van der Waals surface area contributed by atoms with Gasteiger partial charge in [-0.25, -0.2) is 4.98 Å². The lowest BCUT2D eigenvalue weighted by Gasteiger charge is -2.43. The molecule has 6 aromatic rings. The first-order valence-corrected chi connectivity index (χ1v) is 16.4. The summed E-state index contributed by atoms with van der Waals surface area (Å²) < 4.78 is 9.12. The van der Waals surface area contributed by atoms with Gasteiger partial charge in [-0.05, 0) is 71.5 Å². The lowest BCUT2D eigenvalue weighted by molar-refractivity contribution is 0.373. The Kier molecular flexibility index (Phi) is 4.88. The Bertz CT molecular complexity index is 2240. The van der Waals surface area contributed by atoms with Crippen LogP contribution >= 0.6 is 0 Å². The summed E-state index contributed by atoms with van der Waals surface area (Å²) in [6.07, 6.45) is 4.62. The Morgan fingerprint density at radius 1 is 0.756 bits per heavy atom. The van der Waals surface area contributed by atoms with E-state index < -0.39 is 0 Å². The quantitative estimate of drug-likeness (QED) is 0.219. The van der Waals surface area contributed by atoms with E-state index in [4.69, 9.17) is 9.72 Å². The van der Waals surface area contributed by atoms with E-state index in [2.05, 4.69) is 121 Å². The van der Waals surface area contributed by atoms with E-state index in [-0.39, 0.29) is 17.0 Å². The van der Waals surface area contributed by atoms with Gasteiger partial charge in [0.15, 0.2) is 0 Å². The third-order valence-corrected chi connectivity index (χ3v) is 11.3. The summed E-state index contributed by atoms with van der Waals surface area (Å²) in [7, 11) is 0. The van der Waals surface area contributed by atoms with Gasteiger partial charge in [-0.15, -0.1) is 0 Å². The molecule has 0 saturated carbocycles. The molecule has 2 unspecified atom stereocenters. The van der Waals surface area contributed by atoms with Gasteiger partial charge in [-0.2, -0.15) is 0 Å². The molecule has 4 aliphatic rings. The molecule has 0 amide bonds. The molecular formula is C40H36N4O. The number of piperidine rings is 1. The van der Waals surface area contributed by atoms with Crippen LogP contribution in [0.25, 0.3) is 27.6 Å². The molecule has 2 aromatic heterocycles. The highest BCUT2D eigenvalue weighted by Gasteiger charge is 2.48. The molecule has 0 aliphatic carbocycles. The highest BCUT2D eigenvalue weighted by atomic mass is 16.5. The molecule has 0 bridgehead atoms. The molecule has 5 nitrogen and oxygen atoms in total. The second-order valence-corrected chi connectivity index (χ2v) is 14.4. The summed E-state index contributed by atoms with van der Waals surface area (Å²) in [4.78, 5) is 7.46. The molecule has 6 heterocycles. The van der Waals surface area contributed by atoms with Crippen molar-refractivity contribution in [3.8, 4) is 17.2 Å². The average molecular weight is 589 g/mol. The van der Waals surface area contributed by atoms with E-state index >= 15 is 0 Å². The number of hydrogen-bond donors (Lipinski definition) is 1. The fraction of sp³-hybridized carbons (Fsp3) is 0.275. The number of benzene rings is 4. The van der Waals surface area contributed by atoms with Crippen LogP contribution in [0, 0.1) is 0 Å². The van der Waals surface area contributed by atoms with Gasteiger partial charge in [0.1, 0.15) is 17.1 Å². The van der Waals surface area contributed by atoms with E-state index in [9.17, 15) is 0 Å². The fourth-order valence-corrected chi connectivity index (χ4v) is 9.16. The van der Waals surface area contributed by atoms with Crippen LogP contribution in [0.1, 0.15) is 74.3 Å². The third-order valence-electron chi connectivity index (χ3n) is 11.3. The molecule has 1 fully saturated rings. The molecule has 45 heavy (non-hydrogen) atoms. The van der Waals surface area contributed by atoms with Crippen molar-refractivity contribution in [3.63, 3.8) is 0 Å². The van der Waals surface area contributed by atoms with Gasteiger partial charge < -0.3 is 9.64 Å². The van der Waals surface area contributed by atoms with Crippen molar-refractivity contribution in [2.75, 3.05) is 11.4 Å². The molecule has 4 aliphatic heterocycles. The largest absolute Gasteiger partial charge is 0.457 e. The van der Waals surface area contributed by atoms with Gasteiger partial charge in [0.25, 0.3) is 0 Å². The van der Waals surface area contributed by atoms with E-state index in [1.807, 2.05) is 12.3 Å². The first-order valence-electron chi connectivity index (χ1n) is 16.4. The predicted octanol–water partition coefficient (Wildman–Crippen LogP) is 9.19. The molecule has 10 rings (SSSR count). The van der Waals surface area contributed by atoms with Crippen LogP contribution in [0.3, 0.4) is 0 Å². The standard InChI is InChI=1S/C40H36N4O/c1-39(2)29-17-15-23(21-33(29)43-35-25(9-5-13-31(35)39)27-11-7-19-41-37(27)43)45-24-16-18-30-34(22-24)44-36-26(28-12-8-20-42-38(28)44)10-6-14-32(36)40(30,3)4/h5-7,9-11,13-19,21-22,28,38,42H,8,12,20H2,1-4H3. The van der Waals surface area contributed by atoms with Crippen LogP contribution < -0.4 is 15.0 Å². The van der Waals surface area contributed by atoms with Gasteiger partial charge in [0.05, 0.1) is 28.7 Å². The first kappa shape index (κ1) is 25.7. The predicted molar refractivity (Wildman–Crippen MR) is 182 cm³/mol. The van der Waals surface area contributed by atoms with Crippen LogP contribution in [0.5, 0.6) is 11.5 Å². The Balaban J connectivity index is 1.11. The van der Waals surface area contributed by atoms with Crippen LogP contribution in [-0.2, 0) is 10.8 Å². The number of nitrogens with one attached hydrogen (secondary N) is 1. The zero-order valence-corrected chi connectivity index (χ0v) is 26.2. The fourth-order valence-electron chi connectivity index (χ4n) is 9.16. The maximum absolute atomic E-state index is 6.77. The summed E-state index contributed by atoms with van der Waals surface area (Å²) >= 11 is 0. The van der Waals surface area contributed by atoms with E-state index in [0.29, 0.717) is 5.92 Å². The first-order chi connectivity index (χ1) is 21.8. The minimum absolute atomic E-state index is 0.0954. The topological polar surface area (TPSA) is 42.3 Å². The zero-order valence-electron chi connectivity index (χ0n) is 26.2. The van der Waals surface area contributed by atoms with Gasteiger partial charge in [0.2, 0.25) is 0 Å². The van der Waals surface area contributed by atoms with Gasteiger partial charge in [0, 0.05) is 45.8 Å². The van der Waals surface area contributed by atoms with Crippen molar-refractivity contribution in [2.24, 2.45) is 0 Å². The number of rotatable bonds is 2. The maximum atomic E-state index is 6.77. The highest BCUT2D eigenvalue weighted by molar-refractivity contribution is 6.10. The second kappa shape index (κ2) is 8.55. The monoisotopic (exact) mass is 588 g/mol. The SMILES string of the molecule is CC1(C)c2ccc(Oc3ccc4c(c3)-n3c5ncccc5c5cccc(c53)C4(C)C)cc2N2c3c(cccc31)C1CCCNC12. The van der Waals surface area contributed by atoms with Crippen molar-refractivity contribution in [1.82, 2.24) is 14.9 Å². The zero-order chi connectivity index (χ0) is 30.2. The van der Waals surface area contributed by atoms with Crippen molar-refractivity contribution in [1.29, 1.82) is 0 Å². The number of para-hydroxylation sites is 2. The lowest BCUT2D eigenvalue weighted by Crippen LogP contribution is -2.48. The van der Waals surface area contributed by atoms with E-state index in [1.54, 1.807) is 0 Å². The minimum Gasteiger partial charge on any atom is -0.457 e. The molecule has 4 aromatic carbocycles.